The molecule has 1 heterocycles. The fourth-order valence-corrected chi connectivity index (χ4v) is 1.72. The minimum atomic E-state index is -0.0775. The Bertz CT molecular complexity index is 558. The first-order chi connectivity index (χ1) is 8.59. The topological polar surface area (TPSA) is 44.1 Å². The molecule has 4 nitrogen and oxygen atoms in total. The van der Waals surface area contributed by atoms with Crippen LogP contribution in [0.4, 0.5) is 0 Å². The summed E-state index contributed by atoms with van der Waals surface area (Å²) < 4.78 is 7.36. The van der Waals surface area contributed by atoms with Crippen molar-refractivity contribution >= 4 is 5.78 Å². The number of carbonyl (C=O) groups excluding carboxylic acids is 1. The van der Waals surface area contributed by atoms with E-state index in [-0.39, 0.29) is 11.9 Å². The van der Waals surface area contributed by atoms with Crippen molar-refractivity contribution in [3.05, 3.63) is 48.0 Å². The van der Waals surface area contributed by atoms with Gasteiger partial charge in [0.25, 0.3) is 0 Å². The Morgan fingerprint density at radius 3 is 2.67 bits per heavy atom. The number of rotatable bonds is 4. The number of carbonyl (C=O) groups is 1. The van der Waals surface area contributed by atoms with E-state index in [0.29, 0.717) is 17.0 Å². The predicted octanol–water partition coefficient (Wildman–Crippen LogP) is 2.44. The van der Waals surface area contributed by atoms with Gasteiger partial charge in [0, 0.05) is 7.05 Å². The Morgan fingerprint density at radius 1 is 1.33 bits per heavy atom. The third kappa shape index (κ3) is 2.42. The number of aromatic nitrogens is 2. The van der Waals surface area contributed by atoms with Crippen molar-refractivity contribution in [2.24, 2.45) is 7.05 Å². The molecular formula is C14H16N2O2. The van der Waals surface area contributed by atoms with Gasteiger partial charge in [0.05, 0.1) is 24.2 Å². The number of aryl methyl sites for hydroxylation is 1. The van der Waals surface area contributed by atoms with Crippen LogP contribution in [0.1, 0.15) is 29.9 Å². The number of para-hydroxylation sites is 1. The smallest absolute Gasteiger partial charge is 0.214 e. The highest BCUT2D eigenvalue weighted by molar-refractivity contribution is 6.09. The molecule has 0 aliphatic heterocycles. The lowest BCUT2D eigenvalue weighted by Gasteiger charge is -2.13. The van der Waals surface area contributed by atoms with Crippen LogP contribution in [-0.4, -0.2) is 21.4 Å². The van der Waals surface area contributed by atoms with Crippen LogP contribution in [0.2, 0.25) is 0 Å². The number of hydrogen-bond acceptors (Lipinski definition) is 3. The number of hydrogen-bond donors (Lipinski definition) is 0. The molecule has 0 fully saturated rings. The summed E-state index contributed by atoms with van der Waals surface area (Å²) in [5, 5.41) is 0. The molecule has 0 saturated carbocycles. The van der Waals surface area contributed by atoms with Gasteiger partial charge in [0.15, 0.2) is 0 Å². The lowest BCUT2D eigenvalue weighted by molar-refractivity contribution is 0.102. The van der Waals surface area contributed by atoms with Crippen LogP contribution in [0.3, 0.4) is 0 Å². The van der Waals surface area contributed by atoms with Gasteiger partial charge in [-0.3, -0.25) is 4.79 Å². The predicted molar refractivity (Wildman–Crippen MR) is 68.8 cm³/mol. The van der Waals surface area contributed by atoms with E-state index in [1.54, 1.807) is 30.2 Å². The molecule has 0 spiro atoms. The van der Waals surface area contributed by atoms with Crippen LogP contribution >= 0.6 is 0 Å². The Labute approximate surface area is 106 Å². The standard InChI is InChI=1S/C14H16N2O2/c1-10(2)18-13-7-5-4-6-11(13)14(17)12-8-15-9-16(12)3/h4-10H,1-3H3. The second-order valence-corrected chi connectivity index (χ2v) is 4.38. The minimum absolute atomic E-state index is 0.0329. The van der Waals surface area contributed by atoms with Crippen LogP contribution in [0.25, 0.3) is 0 Å². The maximum absolute atomic E-state index is 12.4. The van der Waals surface area contributed by atoms with Gasteiger partial charge < -0.3 is 9.30 Å². The Balaban J connectivity index is 2.39. The van der Waals surface area contributed by atoms with E-state index in [2.05, 4.69) is 4.98 Å². The SMILES string of the molecule is CC(C)Oc1ccccc1C(=O)c1cncn1C. The average Bonchev–Trinajstić information content (AvgIpc) is 2.74. The van der Waals surface area contributed by atoms with Gasteiger partial charge in [0.2, 0.25) is 5.78 Å². The zero-order valence-electron chi connectivity index (χ0n) is 10.8. The molecule has 2 rings (SSSR count). The van der Waals surface area contributed by atoms with Crippen molar-refractivity contribution in [2.45, 2.75) is 20.0 Å². The summed E-state index contributed by atoms with van der Waals surface area (Å²) in [6.45, 7) is 3.87. The largest absolute Gasteiger partial charge is 0.490 e. The summed E-state index contributed by atoms with van der Waals surface area (Å²) in [6.07, 6.45) is 3.21. The Kier molecular flexibility index (Phi) is 3.46. The molecule has 0 atom stereocenters. The van der Waals surface area contributed by atoms with Crippen LogP contribution in [0.15, 0.2) is 36.8 Å². The molecule has 0 aliphatic rings. The molecular weight excluding hydrogens is 228 g/mol. The van der Waals surface area contributed by atoms with Crippen molar-refractivity contribution in [2.75, 3.05) is 0 Å². The van der Waals surface area contributed by atoms with Crippen molar-refractivity contribution in [3.8, 4) is 5.75 Å². The summed E-state index contributed by atoms with van der Waals surface area (Å²) in [7, 11) is 1.80. The van der Waals surface area contributed by atoms with E-state index in [0.717, 1.165) is 0 Å². The molecule has 2 aromatic rings. The maximum atomic E-state index is 12.4. The van der Waals surface area contributed by atoms with E-state index in [1.807, 2.05) is 32.0 Å². The Hall–Kier alpha value is -2.10. The molecule has 1 aromatic heterocycles. The monoisotopic (exact) mass is 244 g/mol. The van der Waals surface area contributed by atoms with Gasteiger partial charge in [-0.25, -0.2) is 4.98 Å². The van der Waals surface area contributed by atoms with E-state index >= 15 is 0 Å². The van der Waals surface area contributed by atoms with Crippen LogP contribution < -0.4 is 4.74 Å². The number of imidazole rings is 1. The van der Waals surface area contributed by atoms with E-state index in [4.69, 9.17) is 4.74 Å². The van der Waals surface area contributed by atoms with E-state index in [9.17, 15) is 4.79 Å². The van der Waals surface area contributed by atoms with Gasteiger partial charge in [-0.15, -0.1) is 0 Å². The fraction of sp³-hybridized carbons (Fsp3) is 0.286. The molecule has 1 aromatic carbocycles. The molecule has 0 saturated heterocycles. The third-order valence-corrected chi connectivity index (χ3v) is 2.54. The molecule has 0 N–H and O–H groups in total. The molecule has 94 valence electrons. The first-order valence-corrected chi connectivity index (χ1v) is 5.86. The number of ether oxygens (including phenoxy) is 1. The van der Waals surface area contributed by atoms with Crippen LogP contribution in [0.5, 0.6) is 5.75 Å². The molecule has 0 aliphatic carbocycles. The second kappa shape index (κ2) is 5.04. The zero-order chi connectivity index (χ0) is 13.1. The number of benzene rings is 1. The first kappa shape index (κ1) is 12.4. The molecule has 4 heteroatoms. The second-order valence-electron chi connectivity index (χ2n) is 4.38. The lowest BCUT2D eigenvalue weighted by Crippen LogP contribution is -2.12. The van der Waals surface area contributed by atoms with E-state index < -0.39 is 0 Å². The fourth-order valence-electron chi connectivity index (χ4n) is 1.72. The van der Waals surface area contributed by atoms with Crippen molar-refractivity contribution in [1.82, 2.24) is 9.55 Å². The van der Waals surface area contributed by atoms with Crippen molar-refractivity contribution in [1.29, 1.82) is 0 Å². The van der Waals surface area contributed by atoms with Gasteiger partial charge in [-0.2, -0.15) is 0 Å². The van der Waals surface area contributed by atoms with Gasteiger partial charge in [0.1, 0.15) is 11.4 Å². The van der Waals surface area contributed by atoms with Crippen LogP contribution in [-0.2, 0) is 7.05 Å². The summed E-state index contributed by atoms with van der Waals surface area (Å²) >= 11 is 0. The summed E-state index contributed by atoms with van der Waals surface area (Å²) in [4.78, 5) is 16.3. The lowest BCUT2D eigenvalue weighted by atomic mass is 10.1. The van der Waals surface area contributed by atoms with Crippen molar-refractivity contribution in [3.63, 3.8) is 0 Å². The molecule has 18 heavy (non-hydrogen) atoms. The Morgan fingerprint density at radius 2 is 2.06 bits per heavy atom. The molecule has 0 amide bonds. The van der Waals surface area contributed by atoms with Gasteiger partial charge in [-0.05, 0) is 26.0 Å². The molecule has 0 unspecified atom stereocenters. The number of nitrogens with zero attached hydrogens (tertiary/aromatic N) is 2. The molecule has 0 bridgehead atoms. The highest BCUT2D eigenvalue weighted by atomic mass is 16.5. The summed E-state index contributed by atoms with van der Waals surface area (Å²) in [6, 6.07) is 7.27. The minimum Gasteiger partial charge on any atom is -0.490 e. The third-order valence-electron chi connectivity index (χ3n) is 2.54. The quantitative estimate of drug-likeness (QED) is 0.776. The average molecular weight is 244 g/mol. The summed E-state index contributed by atoms with van der Waals surface area (Å²) in [5.41, 5.74) is 1.12. The number of ketones is 1. The van der Waals surface area contributed by atoms with E-state index in [1.165, 1.54) is 0 Å². The molecule has 0 radical (unpaired) electrons. The van der Waals surface area contributed by atoms with Crippen LogP contribution in [0, 0.1) is 0 Å². The van der Waals surface area contributed by atoms with Gasteiger partial charge in [-0.1, -0.05) is 12.1 Å². The highest BCUT2D eigenvalue weighted by Crippen LogP contribution is 2.22. The highest BCUT2D eigenvalue weighted by Gasteiger charge is 2.17. The normalized spacial score (nSPS) is 10.7. The zero-order valence-corrected chi connectivity index (χ0v) is 10.8. The first-order valence-electron chi connectivity index (χ1n) is 5.86. The summed E-state index contributed by atoms with van der Waals surface area (Å²) in [5.74, 6) is 0.532. The van der Waals surface area contributed by atoms with Gasteiger partial charge >= 0.3 is 0 Å². The maximum Gasteiger partial charge on any atom is 0.214 e. The van der Waals surface area contributed by atoms with Crippen molar-refractivity contribution < 1.29 is 9.53 Å².